The molecule has 0 bridgehead atoms. The SMILES string of the molecule is CCCN1C[C@]2(OC1C)[C@H](C)O[C@@H](O[C@H]1[C@H](C)[C@@H](O[C@@H]3O[C@H](C)C[C@H](N(C)C)[C@H]3O)[C@](C)(O)C[C@@H](C)CN[C@H](C)[C@@H](O)[C@](C)(O)[C@@H](CC)OC(=O)[C@@H]1C)C[C@@]2(C)OC. The molecule has 5 N–H and O–H groups in total. The summed E-state index contributed by atoms with van der Waals surface area (Å²) < 4.78 is 45.9. The molecule has 4 rings (SSSR count). The van der Waals surface area contributed by atoms with Crippen molar-refractivity contribution in [2.24, 2.45) is 17.8 Å². The van der Waals surface area contributed by atoms with Gasteiger partial charge in [0.2, 0.25) is 0 Å². The highest BCUT2D eigenvalue weighted by atomic mass is 16.7. The number of nitrogens with zero attached hydrogens (tertiary/aromatic N) is 2. The third-order valence-electron chi connectivity index (χ3n) is 14.0. The standard InChI is InChI=1S/C43H81N3O12/c1-16-18-46-23-43(58-30(46)9)29(8)54-33(21-41(43,11)52-15)56-35-26(5)37(57-39-34(47)31(45(13)14)19-25(4)53-39)40(10,50)20-24(3)22-44-28(7)36(48)42(12,51)32(17-2)55-38(49)27(35)6/h24-37,39,44,47-48,50-51H,16-23H2,1-15H3/t24-,25-,26+,27-,28-,29+,30?,31+,32-,33+,34-,35+,36-,37-,39+,40-,41-,42-,43+/m1/s1. The van der Waals surface area contributed by atoms with E-state index in [4.69, 9.17) is 33.2 Å². The minimum Gasteiger partial charge on any atom is -0.459 e. The fourth-order valence-electron chi connectivity index (χ4n) is 10.3. The third-order valence-corrected chi connectivity index (χ3v) is 14.0. The highest BCUT2D eigenvalue weighted by molar-refractivity contribution is 5.73. The van der Waals surface area contributed by atoms with Crippen LogP contribution in [0.25, 0.3) is 0 Å². The molecule has 19 atom stereocenters. The number of likely N-dealkylation sites (N-methyl/N-ethyl adjacent to an activating group) is 1. The first-order chi connectivity index (χ1) is 26.9. The molecule has 4 aliphatic heterocycles. The first-order valence-electron chi connectivity index (χ1n) is 21.9. The fourth-order valence-corrected chi connectivity index (χ4v) is 10.3. The van der Waals surface area contributed by atoms with Crippen molar-refractivity contribution in [1.29, 1.82) is 0 Å². The van der Waals surface area contributed by atoms with Crippen LogP contribution in [0.5, 0.6) is 0 Å². The summed E-state index contributed by atoms with van der Waals surface area (Å²) in [7, 11) is 5.47. The van der Waals surface area contributed by atoms with E-state index in [0.717, 1.165) is 13.0 Å². The number of carbonyl (C=O) groups excluding carboxylic acids is 1. The molecule has 0 aromatic rings. The second kappa shape index (κ2) is 19.6. The van der Waals surface area contributed by atoms with Gasteiger partial charge in [0.25, 0.3) is 0 Å². The molecule has 1 spiro atoms. The van der Waals surface area contributed by atoms with Gasteiger partial charge >= 0.3 is 5.97 Å². The lowest BCUT2D eigenvalue weighted by Crippen LogP contribution is -2.68. The predicted octanol–water partition coefficient (Wildman–Crippen LogP) is 3.02. The number of nitrogens with one attached hydrogen (secondary N) is 1. The van der Waals surface area contributed by atoms with E-state index in [1.54, 1.807) is 34.8 Å². The zero-order chi connectivity index (χ0) is 43.7. The Balaban J connectivity index is 1.80. The summed E-state index contributed by atoms with van der Waals surface area (Å²) in [6, 6.07) is -0.850. The van der Waals surface area contributed by atoms with Crippen LogP contribution in [-0.2, 0) is 38.0 Å². The van der Waals surface area contributed by atoms with Crippen LogP contribution in [-0.4, -0.2) is 173 Å². The van der Waals surface area contributed by atoms with Gasteiger partial charge in [0.15, 0.2) is 12.6 Å². The highest BCUT2D eigenvalue weighted by Gasteiger charge is 2.64. The largest absolute Gasteiger partial charge is 0.459 e. The van der Waals surface area contributed by atoms with E-state index in [-0.39, 0.29) is 43.6 Å². The molecule has 4 saturated heterocycles. The van der Waals surface area contributed by atoms with Crippen LogP contribution >= 0.6 is 0 Å². The van der Waals surface area contributed by atoms with Crippen molar-refractivity contribution in [2.45, 2.75) is 211 Å². The van der Waals surface area contributed by atoms with Crippen molar-refractivity contribution in [3.05, 3.63) is 0 Å². The van der Waals surface area contributed by atoms with Crippen molar-refractivity contribution in [3.8, 4) is 0 Å². The van der Waals surface area contributed by atoms with Crippen molar-refractivity contribution in [1.82, 2.24) is 15.1 Å². The summed E-state index contributed by atoms with van der Waals surface area (Å²) in [6.45, 7) is 24.2. The Hall–Kier alpha value is -1.05. The number of cyclic esters (lactones) is 1. The number of aliphatic hydroxyl groups is 4. The predicted molar refractivity (Wildman–Crippen MR) is 219 cm³/mol. The molecule has 0 saturated carbocycles. The average Bonchev–Trinajstić information content (AvgIpc) is 3.49. The van der Waals surface area contributed by atoms with Gasteiger partial charge in [0, 0.05) is 44.6 Å². The molecule has 0 aromatic heterocycles. The zero-order valence-corrected chi connectivity index (χ0v) is 38.3. The van der Waals surface area contributed by atoms with Crippen LogP contribution in [0.2, 0.25) is 0 Å². The van der Waals surface area contributed by atoms with Gasteiger partial charge in [-0.2, -0.15) is 0 Å². The lowest BCUT2D eigenvalue weighted by molar-refractivity contribution is -0.338. The Morgan fingerprint density at radius 3 is 2.21 bits per heavy atom. The number of carbonyl (C=O) groups is 1. The maximum absolute atomic E-state index is 14.4. The molecule has 1 unspecified atom stereocenters. The number of rotatable bonds is 9. The number of hydrogen-bond donors (Lipinski definition) is 5. The number of methoxy groups -OCH3 is 1. The van der Waals surface area contributed by atoms with Crippen molar-refractivity contribution >= 4 is 5.97 Å². The molecule has 4 fully saturated rings. The van der Waals surface area contributed by atoms with Gasteiger partial charge in [-0.05, 0) is 108 Å². The Bertz CT molecular complexity index is 1330. The van der Waals surface area contributed by atoms with Crippen LogP contribution in [0, 0.1) is 17.8 Å². The minimum atomic E-state index is -1.80. The number of ether oxygens (including phenoxy) is 7. The van der Waals surface area contributed by atoms with E-state index < -0.39 is 95.5 Å². The van der Waals surface area contributed by atoms with Crippen molar-refractivity contribution in [2.75, 3.05) is 40.8 Å². The molecule has 15 nitrogen and oxygen atoms in total. The molecule has 58 heavy (non-hydrogen) atoms. The topological polar surface area (TPSA) is 181 Å². The van der Waals surface area contributed by atoms with Gasteiger partial charge in [-0.3, -0.25) is 9.69 Å². The maximum Gasteiger partial charge on any atom is 0.311 e. The molecule has 0 aromatic carbocycles. The first-order valence-corrected chi connectivity index (χ1v) is 21.9. The Kier molecular flexibility index (Phi) is 16.7. The summed E-state index contributed by atoms with van der Waals surface area (Å²) >= 11 is 0. The average molecular weight is 832 g/mol. The van der Waals surface area contributed by atoms with E-state index in [9.17, 15) is 25.2 Å². The first kappa shape index (κ1) is 49.6. The lowest BCUT2D eigenvalue weighted by Gasteiger charge is -2.54. The number of esters is 1. The second-order valence-electron chi connectivity index (χ2n) is 19.2. The fraction of sp³-hybridized carbons (Fsp3) is 0.977. The third kappa shape index (κ3) is 10.2. The molecular weight excluding hydrogens is 750 g/mol. The van der Waals surface area contributed by atoms with Gasteiger partial charge in [0.1, 0.15) is 41.3 Å². The molecule has 0 amide bonds. The molecule has 0 aliphatic carbocycles. The van der Waals surface area contributed by atoms with Crippen LogP contribution < -0.4 is 5.32 Å². The zero-order valence-electron chi connectivity index (χ0n) is 38.3. The molecule has 340 valence electrons. The second-order valence-corrected chi connectivity index (χ2v) is 19.2. The molecule has 15 heteroatoms. The number of aliphatic hydroxyl groups excluding tert-OH is 2. The number of hydrogen-bond acceptors (Lipinski definition) is 15. The maximum atomic E-state index is 14.4. The Labute approximate surface area is 348 Å². The summed E-state index contributed by atoms with van der Waals surface area (Å²) in [6.07, 6.45) is -5.99. The Morgan fingerprint density at radius 2 is 1.62 bits per heavy atom. The summed E-state index contributed by atoms with van der Waals surface area (Å²) in [5.41, 5.74) is -5.02. The van der Waals surface area contributed by atoms with Crippen LogP contribution in [0.3, 0.4) is 0 Å². The van der Waals surface area contributed by atoms with E-state index >= 15 is 0 Å². The van der Waals surface area contributed by atoms with Gasteiger partial charge < -0.3 is 63.8 Å². The van der Waals surface area contributed by atoms with E-state index in [0.29, 0.717) is 19.5 Å². The smallest absolute Gasteiger partial charge is 0.311 e. The molecule has 4 aliphatic rings. The van der Waals surface area contributed by atoms with Crippen molar-refractivity contribution < 1.29 is 58.4 Å². The van der Waals surface area contributed by atoms with E-state index in [1.165, 1.54) is 6.92 Å². The molecule has 4 heterocycles. The normalized spacial score (nSPS) is 49.4. The summed E-state index contributed by atoms with van der Waals surface area (Å²) in [5, 5.41) is 50.7. The van der Waals surface area contributed by atoms with E-state index in [1.807, 2.05) is 60.5 Å². The van der Waals surface area contributed by atoms with Gasteiger partial charge in [-0.25, -0.2) is 0 Å². The van der Waals surface area contributed by atoms with Crippen molar-refractivity contribution in [3.63, 3.8) is 0 Å². The monoisotopic (exact) mass is 832 g/mol. The molecule has 0 radical (unpaired) electrons. The van der Waals surface area contributed by atoms with Gasteiger partial charge in [-0.15, -0.1) is 0 Å². The molecular formula is C43H81N3O12. The summed E-state index contributed by atoms with van der Waals surface area (Å²) in [4.78, 5) is 18.7. The summed E-state index contributed by atoms with van der Waals surface area (Å²) in [5.74, 6) is -2.53. The Morgan fingerprint density at radius 1 is 0.966 bits per heavy atom. The minimum absolute atomic E-state index is 0.147. The van der Waals surface area contributed by atoms with Gasteiger partial charge in [0.05, 0.1) is 35.9 Å². The van der Waals surface area contributed by atoms with Gasteiger partial charge in [-0.1, -0.05) is 27.7 Å². The lowest BCUT2D eigenvalue weighted by atomic mass is 9.75. The quantitative estimate of drug-likeness (QED) is 0.214. The van der Waals surface area contributed by atoms with E-state index in [2.05, 4.69) is 17.1 Å². The highest BCUT2D eigenvalue weighted by Crippen LogP contribution is 2.48. The van der Waals surface area contributed by atoms with Crippen LogP contribution in [0.1, 0.15) is 115 Å². The van der Waals surface area contributed by atoms with Crippen LogP contribution in [0.15, 0.2) is 0 Å². The van der Waals surface area contributed by atoms with Crippen LogP contribution in [0.4, 0.5) is 0 Å².